The summed E-state index contributed by atoms with van der Waals surface area (Å²) in [7, 11) is 1.79. The molecule has 7 heteroatoms. The predicted octanol–water partition coefficient (Wildman–Crippen LogP) is 3.30. The van der Waals surface area contributed by atoms with Crippen molar-refractivity contribution in [1.29, 1.82) is 0 Å². The molecule has 2 heterocycles. The summed E-state index contributed by atoms with van der Waals surface area (Å²) in [6, 6.07) is 9.66. The molecule has 1 aromatic carbocycles. The van der Waals surface area contributed by atoms with Gasteiger partial charge in [0, 0.05) is 43.0 Å². The van der Waals surface area contributed by atoms with Crippen molar-refractivity contribution in [1.82, 2.24) is 19.9 Å². The lowest BCUT2D eigenvalue weighted by Crippen LogP contribution is -2.29. The number of anilines is 2. The maximum atomic E-state index is 12.5. The third-order valence-corrected chi connectivity index (χ3v) is 4.79. The van der Waals surface area contributed by atoms with Crippen molar-refractivity contribution in [2.24, 2.45) is 0 Å². The third-order valence-electron chi connectivity index (χ3n) is 3.79. The van der Waals surface area contributed by atoms with E-state index in [2.05, 4.69) is 20.3 Å². The van der Waals surface area contributed by atoms with Crippen molar-refractivity contribution in [2.75, 3.05) is 18.9 Å². The lowest BCUT2D eigenvalue weighted by molar-refractivity contribution is 0.0796. The normalized spacial score (nSPS) is 10.5. The van der Waals surface area contributed by atoms with Crippen molar-refractivity contribution in [3.05, 3.63) is 64.4 Å². The number of nitrogens with zero attached hydrogens (tertiary/aromatic N) is 4. The van der Waals surface area contributed by atoms with E-state index in [0.717, 1.165) is 17.8 Å². The van der Waals surface area contributed by atoms with Gasteiger partial charge in [0.1, 0.15) is 0 Å². The van der Waals surface area contributed by atoms with Gasteiger partial charge in [-0.1, -0.05) is 18.2 Å². The van der Waals surface area contributed by atoms with E-state index in [1.165, 1.54) is 4.88 Å². The van der Waals surface area contributed by atoms with E-state index in [9.17, 15) is 4.79 Å². The second-order valence-electron chi connectivity index (χ2n) is 5.62. The van der Waals surface area contributed by atoms with Gasteiger partial charge in [-0.3, -0.25) is 4.79 Å². The first-order chi connectivity index (χ1) is 12.1. The smallest absolute Gasteiger partial charge is 0.256 e. The molecule has 0 radical (unpaired) electrons. The van der Waals surface area contributed by atoms with Crippen LogP contribution in [0, 0.1) is 6.92 Å². The number of benzene rings is 1. The van der Waals surface area contributed by atoms with Crippen molar-refractivity contribution < 1.29 is 4.79 Å². The van der Waals surface area contributed by atoms with Crippen LogP contribution in [0.4, 0.5) is 11.6 Å². The standard InChI is InChI=1S/C18H19N5OS/c1-13-16(25-12-21-13)8-9-23(2)17(24)14-10-19-18(20-11-14)22-15-6-4-3-5-7-15/h3-7,10-12H,8-9H2,1-2H3,(H,19,20,22). The topological polar surface area (TPSA) is 71.0 Å². The van der Waals surface area contributed by atoms with Crippen LogP contribution < -0.4 is 5.32 Å². The maximum absolute atomic E-state index is 12.5. The molecule has 0 spiro atoms. The fourth-order valence-corrected chi connectivity index (χ4v) is 3.08. The Morgan fingerprint density at radius 1 is 1.16 bits per heavy atom. The van der Waals surface area contributed by atoms with Crippen molar-refractivity contribution in [2.45, 2.75) is 13.3 Å². The molecular formula is C18H19N5OS. The zero-order valence-corrected chi connectivity index (χ0v) is 15.0. The van der Waals surface area contributed by atoms with Crippen molar-refractivity contribution in [3.63, 3.8) is 0 Å². The quantitative estimate of drug-likeness (QED) is 0.736. The fourth-order valence-electron chi connectivity index (χ4n) is 2.31. The summed E-state index contributed by atoms with van der Waals surface area (Å²) in [5.41, 5.74) is 4.24. The molecule has 3 aromatic rings. The van der Waals surface area contributed by atoms with Crippen LogP contribution in [-0.4, -0.2) is 39.4 Å². The minimum absolute atomic E-state index is 0.0894. The zero-order chi connectivity index (χ0) is 17.6. The van der Waals surface area contributed by atoms with Gasteiger partial charge >= 0.3 is 0 Å². The molecule has 6 nitrogen and oxygen atoms in total. The first-order valence-electron chi connectivity index (χ1n) is 7.92. The van der Waals surface area contributed by atoms with E-state index >= 15 is 0 Å². The summed E-state index contributed by atoms with van der Waals surface area (Å²) in [5, 5.41) is 3.10. The first-order valence-corrected chi connectivity index (χ1v) is 8.80. The lowest BCUT2D eigenvalue weighted by Gasteiger charge is -2.16. The van der Waals surface area contributed by atoms with Gasteiger partial charge in [-0.05, 0) is 19.1 Å². The van der Waals surface area contributed by atoms with Crippen LogP contribution in [0.25, 0.3) is 0 Å². The number of hydrogen-bond acceptors (Lipinski definition) is 6. The number of para-hydroxylation sites is 1. The summed E-state index contributed by atoms with van der Waals surface area (Å²) in [5.74, 6) is 0.374. The predicted molar refractivity (Wildman–Crippen MR) is 99.3 cm³/mol. The summed E-state index contributed by atoms with van der Waals surface area (Å²) in [6.07, 6.45) is 3.90. The molecule has 1 N–H and O–H groups in total. The first kappa shape index (κ1) is 17.0. The minimum atomic E-state index is -0.0894. The highest BCUT2D eigenvalue weighted by molar-refractivity contribution is 7.09. The number of rotatable bonds is 6. The second-order valence-corrected chi connectivity index (χ2v) is 6.56. The summed E-state index contributed by atoms with van der Waals surface area (Å²) < 4.78 is 0. The molecule has 0 saturated carbocycles. The molecule has 3 rings (SSSR count). The zero-order valence-electron chi connectivity index (χ0n) is 14.1. The fraction of sp³-hybridized carbons (Fsp3) is 0.222. The number of carbonyl (C=O) groups excluding carboxylic acids is 1. The molecular weight excluding hydrogens is 334 g/mol. The summed E-state index contributed by atoms with van der Waals surface area (Å²) in [4.78, 5) is 28.0. The lowest BCUT2D eigenvalue weighted by atomic mass is 10.2. The molecule has 1 amide bonds. The molecule has 0 fully saturated rings. The van der Waals surface area contributed by atoms with E-state index in [-0.39, 0.29) is 5.91 Å². The molecule has 128 valence electrons. The number of likely N-dealkylation sites (N-methyl/N-ethyl adjacent to an activating group) is 1. The van der Waals surface area contributed by atoms with E-state index in [1.807, 2.05) is 42.8 Å². The van der Waals surface area contributed by atoms with E-state index in [1.54, 1.807) is 35.7 Å². The Morgan fingerprint density at radius 3 is 2.52 bits per heavy atom. The van der Waals surface area contributed by atoms with Crippen LogP contribution in [0.2, 0.25) is 0 Å². The molecule has 25 heavy (non-hydrogen) atoms. The van der Waals surface area contributed by atoms with Gasteiger partial charge in [0.05, 0.1) is 16.8 Å². The summed E-state index contributed by atoms with van der Waals surface area (Å²) in [6.45, 7) is 2.62. The Hall–Kier alpha value is -2.80. The number of aryl methyl sites for hydroxylation is 1. The van der Waals surface area contributed by atoms with Crippen LogP contribution >= 0.6 is 11.3 Å². The number of carbonyl (C=O) groups is 1. The second kappa shape index (κ2) is 7.85. The molecule has 0 aliphatic rings. The highest BCUT2D eigenvalue weighted by Gasteiger charge is 2.14. The van der Waals surface area contributed by atoms with E-state index < -0.39 is 0 Å². The molecule has 0 unspecified atom stereocenters. The average Bonchev–Trinajstić information content (AvgIpc) is 3.05. The van der Waals surface area contributed by atoms with Gasteiger partial charge < -0.3 is 10.2 Å². The largest absolute Gasteiger partial charge is 0.341 e. The Labute approximate surface area is 150 Å². The Balaban J connectivity index is 1.59. The van der Waals surface area contributed by atoms with Crippen LogP contribution in [0.3, 0.4) is 0 Å². The van der Waals surface area contributed by atoms with Gasteiger partial charge in [-0.25, -0.2) is 15.0 Å². The molecule has 0 aliphatic carbocycles. The van der Waals surface area contributed by atoms with Crippen LogP contribution in [-0.2, 0) is 6.42 Å². The maximum Gasteiger partial charge on any atom is 0.256 e. The monoisotopic (exact) mass is 353 g/mol. The molecule has 0 bridgehead atoms. The highest BCUT2D eigenvalue weighted by Crippen LogP contribution is 2.14. The minimum Gasteiger partial charge on any atom is -0.341 e. The SMILES string of the molecule is Cc1ncsc1CCN(C)C(=O)c1cnc(Nc2ccccc2)nc1. The van der Waals surface area contributed by atoms with Crippen LogP contribution in [0.5, 0.6) is 0 Å². The van der Waals surface area contributed by atoms with Gasteiger partial charge in [-0.2, -0.15) is 0 Å². The Kier molecular flexibility index (Phi) is 5.35. The Bertz CT molecular complexity index is 832. The van der Waals surface area contributed by atoms with E-state index in [0.29, 0.717) is 18.1 Å². The number of nitrogens with one attached hydrogen (secondary N) is 1. The number of aromatic nitrogens is 3. The molecule has 2 aromatic heterocycles. The number of hydrogen-bond donors (Lipinski definition) is 1. The molecule has 0 atom stereocenters. The average molecular weight is 353 g/mol. The van der Waals surface area contributed by atoms with Gasteiger partial charge in [0.25, 0.3) is 5.91 Å². The number of amides is 1. The van der Waals surface area contributed by atoms with Gasteiger partial charge in [0.2, 0.25) is 5.95 Å². The van der Waals surface area contributed by atoms with Gasteiger partial charge in [-0.15, -0.1) is 11.3 Å². The van der Waals surface area contributed by atoms with Crippen LogP contribution in [0.15, 0.2) is 48.2 Å². The van der Waals surface area contributed by atoms with Gasteiger partial charge in [0.15, 0.2) is 0 Å². The highest BCUT2D eigenvalue weighted by atomic mass is 32.1. The van der Waals surface area contributed by atoms with E-state index in [4.69, 9.17) is 0 Å². The third kappa shape index (κ3) is 4.39. The summed E-state index contributed by atoms with van der Waals surface area (Å²) >= 11 is 1.62. The van der Waals surface area contributed by atoms with Crippen molar-refractivity contribution >= 4 is 28.9 Å². The molecule has 0 saturated heterocycles. The van der Waals surface area contributed by atoms with Crippen LogP contribution in [0.1, 0.15) is 20.9 Å². The number of thiazole rings is 1. The Morgan fingerprint density at radius 2 is 1.88 bits per heavy atom. The van der Waals surface area contributed by atoms with Crippen molar-refractivity contribution in [3.8, 4) is 0 Å². The molecule has 0 aliphatic heterocycles.